The minimum Gasteiger partial charge on any atom is -0.481 e. The van der Waals surface area contributed by atoms with Gasteiger partial charge in [0, 0.05) is 24.4 Å². The standard InChI is InChI=1S/C28H34N2O5/c1-2-20(15-26(31)32)30-27(33)19-9-7-8-18(14-19)16-29-28(34)35-17-25-23-12-5-3-10-21(23)22-11-4-6-13-24(22)25/h3-6,10-13,18-20,25H,2,7-9,14-17H2,1H3,(H,29,34)(H,30,33)(H,31,32). The molecule has 186 valence electrons. The van der Waals surface area contributed by atoms with Gasteiger partial charge in [-0.25, -0.2) is 4.79 Å². The third-order valence-electron chi connectivity index (χ3n) is 7.29. The summed E-state index contributed by atoms with van der Waals surface area (Å²) in [6.45, 7) is 2.61. The van der Waals surface area contributed by atoms with Crippen LogP contribution in [0.3, 0.4) is 0 Å². The summed E-state index contributed by atoms with van der Waals surface area (Å²) >= 11 is 0. The topological polar surface area (TPSA) is 105 Å². The number of hydrogen-bond acceptors (Lipinski definition) is 4. The predicted molar refractivity (Wildman–Crippen MR) is 133 cm³/mol. The average Bonchev–Trinajstić information content (AvgIpc) is 3.19. The Kier molecular flexibility index (Phi) is 8.06. The van der Waals surface area contributed by atoms with E-state index in [1.165, 1.54) is 22.3 Å². The maximum atomic E-state index is 12.7. The quantitative estimate of drug-likeness (QED) is 0.485. The molecule has 0 bridgehead atoms. The second-order valence-electron chi connectivity index (χ2n) is 9.65. The van der Waals surface area contributed by atoms with E-state index < -0.39 is 12.1 Å². The summed E-state index contributed by atoms with van der Waals surface area (Å²) in [7, 11) is 0. The molecule has 0 aromatic heterocycles. The van der Waals surface area contributed by atoms with Crippen LogP contribution in [0.4, 0.5) is 4.79 Å². The van der Waals surface area contributed by atoms with E-state index in [2.05, 4.69) is 34.9 Å². The Morgan fingerprint density at radius 1 is 1.03 bits per heavy atom. The molecule has 4 rings (SSSR count). The van der Waals surface area contributed by atoms with Crippen molar-refractivity contribution in [1.29, 1.82) is 0 Å². The van der Waals surface area contributed by atoms with Gasteiger partial charge in [0.2, 0.25) is 5.91 Å². The molecule has 0 saturated heterocycles. The lowest BCUT2D eigenvalue weighted by atomic mass is 9.80. The van der Waals surface area contributed by atoms with E-state index in [0.717, 1.165) is 19.3 Å². The Hall–Kier alpha value is -3.35. The van der Waals surface area contributed by atoms with Gasteiger partial charge in [0.05, 0.1) is 6.42 Å². The molecule has 2 amide bonds. The molecule has 2 aliphatic carbocycles. The number of carbonyl (C=O) groups excluding carboxylic acids is 2. The molecule has 0 aliphatic heterocycles. The van der Waals surface area contributed by atoms with Crippen LogP contribution in [-0.4, -0.2) is 42.3 Å². The Bertz CT molecular complexity index is 1020. The zero-order chi connectivity index (χ0) is 24.8. The van der Waals surface area contributed by atoms with E-state index in [1.54, 1.807) is 0 Å². The number of carboxylic acid groups (broad SMARTS) is 1. The number of aliphatic carboxylic acids is 1. The lowest BCUT2D eigenvalue weighted by molar-refractivity contribution is -0.138. The fraction of sp³-hybridized carbons (Fsp3) is 0.464. The molecule has 0 radical (unpaired) electrons. The largest absolute Gasteiger partial charge is 0.481 e. The van der Waals surface area contributed by atoms with E-state index >= 15 is 0 Å². The molecule has 7 heteroatoms. The third-order valence-corrected chi connectivity index (χ3v) is 7.29. The van der Waals surface area contributed by atoms with Gasteiger partial charge in [0.25, 0.3) is 0 Å². The highest BCUT2D eigenvalue weighted by molar-refractivity contribution is 5.80. The third kappa shape index (κ3) is 6.02. The van der Waals surface area contributed by atoms with Gasteiger partial charge in [-0.15, -0.1) is 0 Å². The van der Waals surface area contributed by atoms with Crippen molar-refractivity contribution in [3.8, 4) is 11.1 Å². The molecule has 3 atom stereocenters. The summed E-state index contributed by atoms with van der Waals surface area (Å²) in [6.07, 6.45) is 3.39. The first kappa shape index (κ1) is 24.8. The van der Waals surface area contributed by atoms with Gasteiger partial charge in [-0.2, -0.15) is 0 Å². The van der Waals surface area contributed by atoms with Crippen LogP contribution >= 0.6 is 0 Å². The van der Waals surface area contributed by atoms with Crippen LogP contribution in [0.2, 0.25) is 0 Å². The predicted octanol–water partition coefficient (Wildman–Crippen LogP) is 4.70. The molecule has 1 saturated carbocycles. The number of rotatable bonds is 9. The number of fused-ring (bicyclic) bond motifs is 3. The maximum Gasteiger partial charge on any atom is 0.407 e. The highest BCUT2D eigenvalue weighted by atomic mass is 16.5. The molecule has 1 fully saturated rings. The summed E-state index contributed by atoms with van der Waals surface area (Å²) in [5.74, 6) is -0.927. The summed E-state index contributed by atoms with van der Waals surface area (Å²) in [6, 6.07) is 16.1. The van der Waals surface area contributed by atoms with E-state index in [0.29, 0.717) is 19.4 Å². The van der Waals surface area contributed by atoms with Gasteiger partial charge in [0.1, 0.15) is 6.61 Å². The first-order valence-electron chi connectivity index (χ1n) is 12.6. The van der Waals surface area contributed by atoms with E-state index in [4.69, 9.17) is 9.84 Å². The van der Waals surface area contributed by atoms with Crippen LogP contribution in [-0.2, 0) is 14.3 Å². The number of alkyl carbamates (subject to hydrolysis) is 1. The average molecular weight is 479 g/mol. The molecule has 0 spiro atoms. The van der Waals surface area contributed by atoms with Gasteiger partial charge in [-0.1, -0.05) is 61.9 Å². The number of carbonyl (C=O) groups is 3. The number of carboxylic acids is 1. The van der Waals surface area contributed by atoms with E-state index in [9.17, 15) is 14.4 Å². The monoisotopic (exact) mass is 478 g/mol. The fourth-order valence-electron chi connectivity index (χ4n) is 5.42. The van der Waals surface area contributed by atoms with Crippen molar-refractivity contribution < 1.29 is 24.2 Å². The summed E-state index contributed by atoms with van der Waals surface area (Å²) < 4.78 is 5.62. The fourth-order valence-corrected chi connectivity index (χ4v) is 5.42. The smallest absolute Gasteiger partial charge is 0.407 e. The maximum absolute atomic E-state index is 12.7. The van der Waals surface area contributed by atoms with Crippen LogP contribution in [0.15, 0.2) is 48.5 Å². The summed E-state index contributed by atoms with van der Waals surface area (Å²) in [5, 5.41) is 14.8. The molecule has 2 aromatic carbocycles. The number of amides is 2. The zero-order valence-corrected chi connectivity index (χ0v) is 20.2. The molecule has 7 nitrogen and oxygen atoms in total. The lowest BCUT2D eigenvalue weighted by Gasteiger charge is -2.29. The van der Waals surface area contributed by atoms with Gasteiger partial charge < -0.3 is 20.5 Å². The zero-order valence-electron chi connectivity index (χ0n) is 20.2. The minimum absolute atomic E-state index is 0.0215. The Labute approximate surface area is 206 Å². The molecule has 3 unspecified atom stereocenters. The number of ether oxygens (including phenoxy) is 1. The molecular formula is C28H34N2O5. The normalized spacial score (nSPS) is 19.8. The van der Waals surface area contributed by atoms with Crippen molar-refractivity contribution in [1.82, 2.24) is 10.6 Å². The van der Waals surface area contributed by atoms with Gasteiger partial charge in [0.15, 0.2) is 0 Å². The minimum atomic E-state index is -0.911. The molecule has 35 heavy (non-hydrogen) atoms. The van der Waals surface area contributed by atoms with Crippen molar-refractivity contribution in [3.63, 3.8) is 0 Å². The molecular weight excluding hydrogens is 444 g/mol. The first-order chi connectivity index (χ1) is 17.0. The molecule has 2 aliphatic rings. The van der Waals surface area contributed by atoms with Crippen LogP contribution in [0.1, 0.15) is 62.5 Å². The van der Waals surface area contributed by atoms with Crippen molar-refractivity contribution in [2.45, 2.75) is 57.4 Å². The van der Waals surface area contributed by atoms with Crippen molar-refractivity contribution in [2.24, 2.45) is 11.8 Å². The Balaban J connectivity index is 1.25. The van der Waals surface area contributed by atoms with Gasteiger partial charge >= 0.3 is 12.1 Å². The van der Waals surface area contributed by atoms with Crippen LogP contribution in [0.5, 0.6) is 0 Å². The lowest BCUT2D eigenvalue weighted by Crippen LogP contribution is -2.42. The second kappa shape index (κ2) is 11.4. The van der Waals surface area contributed by atoms with Crippen LogP contribution < -0.4 is 10.6 Å². The summed E-state index contributed by atoms with van der Waals surface area (Å²) in [4.78, 5) is 36.2. The number of benzene rings is 2. The molecule has 2 aromatic rings. The van der Waals surface area contributed by atoms with Gasteiger partial charge in [-0.05, 0) is 53.9 Å². The number of nitrogens with one attached hydrogen (secondary N) is 2. The Morgan fingerprint density at radius 2 is 1.69 bits per heavy atom. The van der Waals surface area contributed by atoms with Crippen molar-refractivity contribution in [3.05, 3.63) is 59.7 Å². The number of hydrogen-bond donors (Lipinski definition) is 3. The molecule has 3 N–H and O–H groups in total. The van der Waals surface area contributed by atoms with E-state index in [-0.39, 0.29) is 42.7 Å². The van der Waals surface area contributed by atoms with Crippen LogP contribution in [0, 0.1) is 11.8 Å². The highest BCUT2D eigenvalue weighted by Gasteiger charge is 2.30. The summed E-state index contributed by atoms with van der Waals surface area (Å²) in [5.41, 5.74) is 4.74. The Morgan fingerprint density at radius 3 is 2.31 bits per heavy atom. The van der Waals surface area contributed by atoms with Crippen LogP contribution in [0.25, 0.3) is 11.1 Å². The van der Waals surface area contributed by atoms with Crippen molar-refractivity contribution >= 4 is 18.0 Å². The SMILES string of the molecule is CCC(CC(=O)O)NC(=O)C1CCCC(CNC(=O)OCC2c3ccccc3-c3ccccc32)C1. The molecule has 0 heterocycles. The second-order valence-corrected chi connectivity index (χ2v) is 9.65. The van der Waals surface area contributed by atoms with E-state index in [1.807, 2.05) is 31.2 Å². The van der Waals surface area contributed by atoms with Crippen molar-refractivity contribution in [2.75, 3.05) is 13.2 Å². The van der Waals surface area contributed by atoms with Gasteiger partial charge in [-0.3, -0.25) is 9.59 Å². The highest BCUT2D eigenvalue weighted by Crippen LogP contribution is 2.44. The first-order valence-corrected chi connectivity index (χ1v) is 12.6.